The summed E-state index contributed by atoms with van der Waals surface area (Å²) in [5.41, 5.74) is -0.569. The van der Waals surface area contributed by atoms with Crippen LogP contribution >= 0.6 is 0 Å². The van der Waals surface area contributed by atoms with Crippen molar-refractivity contribution in [2.24, 2.45) is 5.92 Å². The fourth-order valence-electron chi connectivity index (χ4n) is 5.68. The number of alkyl halides is 3. The van der Waals surface area contributed by atoms with Crippen molar-refractivity contribution in [3.05, 3.63) is 65.2 Å². The van der Waals surface area contributed by atoms with Gasteiger partial charge in [-0.25, -0.2) is 4.98 Å². The van der Waals surface area contributed by atoms with Crippen molar-refractivity contribution in [2.75, 3.05) is 28.2 Å². The third kappa shape index (κ3) is 6.00. The number of imide groups is 1. The lowest BCUT2D eigenvalue weighted by molar-refractivity contribution is -0.138. The molecule has 0 saturated carbocycles. The molecule has 2 fully saturated rings. The van der Waals surface area contributed by atoms with Crippen LogP contribution in [0.3, 0.4) is 0 Å². The third-order valence-electron chi connectivity index (χ3n) is 8.39. The van der Waals surface area contributed by atoms with Crippen LogP contribution in [0.5, 0.6) is 0 Å². The van der Waals surface area contributed by atoms with Gasteiger partial charge in [0.1, 0.15) is 17.6 Å². The second-order valence-electron chi connectivity index (χ2n) is 12.0. The number of amides is 4. The van der Waals surface area contributed by atoms with Crippen molar-refractivity contribution in [3.8, 4) is 17.9 Å². The van der Waals surface area contributed by atoms with Gasteiger partial charge < -0.3 is 10.2 Å². The molecule has 1 atom stereocenters. The van der Waals surface area contributed by atoms with E-state index in [1.54, 1.807) is 20.0 Å². The van der Waals surface area contributed by atoms with E-state index in [4.69, 9.17) is 5.26 Å². The zero-order valence-electron chi connectivity index (χ0n) is 25.2. The molecule has 3 aliphatic heterocycles. The van der Waals surface area contributed by atoms with Gasteiger partial charge in [-0.1, -0.05) is 11.8 Å². The van der Waals surface area contributed by atoms with Crippen LogP contribution in [0.2, 0.25) is 0 Å². The molecule has 15 heteroatoms. The first-order valence-electron chi connectivity index (χ1n) is 14.6. The molecule has 2 saturated heterocycles. The monoisotopic (exact) mass is 644 g/mol. The normalized spacial score (nSPS) is 18.1. The van der Waals surface area contributed by atoms with Gasteiger partial charge in [-0.3, -0.25) is 34.1 Å². The Morgan fingerprint density at radius 2 is 1.89 bits per heavy atom. The molecular weight excluding hydrogens is 617 g/mol. The number of hydrogen-bond acceptors (Lipinski definition) is 8. The van der Waals surface area contributed by atoms with Gasteiger partial charge in [-0.05, 0) is 50.1 Å². The van der Waals surface area contributed by atoms with Gasteiger partial charge in [-0.15, -0.1) is 0 Å². The Labute approximate surface area is 266 Å². The van der Waals surface area contributed by atoms with Crippen molar-refractivity contribution >= 4 is 40.7 Å². The number of pyridine rings is 1. The molecule has 1 aromatic carbocycles. The number of hydrogen-bond donors (Lipinski definition) is 2. The summed E-state index contributed by atoms with van der Waals surface area (Å²) in [5, 5.41) is 17.9. The van der Waals surface area contributed by atoms with E-state index in [-0.39, 0.29) is 42.7 Å². The van der Waals surface area contributed by atoms with Crippen molar-refractivity contribution < 1.29 is 32.3 Å². The lowest BCUT2D eigenvalue weighted by Crippen LogP contribution is -2.53. The SMILES string of the molecule is CC(C)(C(=O)Nc1cnc(C#N)c(C(F)(F)F)c1)n1cc(C#CC2CN(c3ccc4c(c3)CC(=O)N4C3CCC(=O)NC3=O)C2)cn1. The highest BCUT2D eigenvalue weighted by atomic mass is 19.4. The number of halogens is 3. The van der Waals surface area contributed by atoms with Crippen LogP contribution in [-0.2, 0) is 37.3 Å². The number of piperidine rings is 1. The van der Waals surface area contributed by atoms with Gasteiger partial charge in [0.2, 0.25) is 17.7 Å². The van der Waals surface area contributed by atoms with Gasteiger partial charge in [-0.2, -0.15) is 23.5 Å². The molecule has 4 amide bonds. The molecule has 0 aliphatic carbocycles. The molecule has 240 valence electrons. The summed E-state index contributed by atoms with van der Waals surface area (Å²) in [4.78, 5) is 56.9. The summed E-state index contributed by atoms with van der Waals surface area (Å²) in [7, 11) is 0. The molecular formula is C32H27F3N8O4. The van der Waals surface area contributed by atoms with Gasteiger partial charge in [0.25, 0.3) is 5.91 Å². The lowest BCUT2D eigenvalue weighted by atomic mass is 9.98. The van der Waals surface area contributed by atoms with Crippen molar-refractivity contribution in [1.29, 1.82) is 5.26 Å². The summed E-state index contributed by atoms with van der Waals surface area (Å²) < 4.78 is 41.3. The smallest absolute Gasteiger partial charge is 0.369 e. The molecule has 3 aromatic rings. The summed E-state index contributed by atoms with van der Waals surface area (Å²) in [5.74, 6) is 4.69. The van der Waals surface area contributed by atoms with Crippen molar-refractivity contribution in [3.63, 3.8) is 0 Å². The summed E-state index contributed by atoms with van der Waals surface area (Å²) >= 11 is 0. The maximum Gasteiger partial charge on any atom is 0.419 e. The number of fused-ring (bicyclic) bond motifs is 1. The van der Waals surface area contributed by atoms with E-state index in [1.165, 1.54) is 21.8 Å². The van der Waals surface area contributed by atoms with Crippen LogP contribution < -0.4 is 20.4 Å². The average molecular weight is 645 g/mol. The Morgan fingerprint density at radius 3 is 2.60 bits per heavy atom. The predicted molar refractivity (Wildman–Crippen MR) is 161 cm³/mol. The number of carbonyl (C=O) groups excluding carboxylic acids is 4. The first-order chi connectivity index (χ1) is 22.2. The Hall–Kier alpha value is -5.70. The number of nitrogens with zero attached hydrogens (tertiary/aromatic N) is 6. The van der Waals surface area contributed by atoms with Gasteiger partial charge in [0.15, 0.2) is 5.69 Å². The maximum absolute atomic E-state index is 13.3. The molecule has 2 N–H and O–H groups in total. The number of rotatable bonds is 5. The summed E-state index contributed by atoms with van der Waals surface area (Å²) in [6, 6.07) is 7.03. The lowest BCUT2D eigenvalue weighted by Gasteiger charge is -2.38. The average Bonchev–Trinajstić information content (AvgIpc) is 3.60. The number of benzene rings is 1. The minimum Gasteiger partial charge on any atom is -0.369 e. The van der Waals surface area contributed by atoms with Crippen LogP contribution in [0.4, 0.5) is 30.2 Å². The Balaban J connectivity index is 1.07. The molecule has 47 heavy (non-hydrogen) atoms. The molecule has 5 heterocycles. The Bertz CT molecular complexity index is 1930. The molecule has 12 nitrogen and oxygen atoms in total. The second kappa shape index (κ2) is 11.6. The summed E-state index contributed by atoms with van der Waals surface area (Å²) in [6.45, 7) is 4.40. The third-order valence-corrected chi connectivity index (χ3v) is 8.39. The first kappa shape index (κ1) is 31.3. The van der Waals surface area contributed by atoms with Crippen LogP contribution in [0.25, 0.3) is 0 Å². The van der Waals surface area contributed by atoms with E-state index in [1.807, 2.05) is 18.2 Å². The maximum atomic E-state index is 13.3. The number of carbonyl (C=O) groups is 4. The molecule has 1 unspecified atom stereocenters. The van der Waals surface area contributed by atoms with E-state index in [0.717, 1.165) is 17.4 Å². The van der Waals surface area contributed by atoms with Gasteiger partial charge in [0.05, 0.1) is 41.5 Å². The highest BCUT2D eigenvalue weighted by Crippen LogP contribution is 2.37. The first-order valence-corrected chi connectivity index (χ1v) is 14.6. The minimum atomic E-state index is -4.82. The Kier molecular flexibility index (Phi) is 7.71. The molecule has 6 rings (SSSR count). The zero-order chi connectivity index (χ0) is 33.7. The summed E-state index contributed by atoms with van der Waals surface area (Å²) in [6.07, 6.45) is -0.107. The van der Waals surface area contributed by atoms with E-state index in [0.29, 0.717) is 30.4 Å². The number of anilines is 3. The minimum absolute atomic E-state index is 0.0521. The number of aromatic nitrogens is 3. The molecule has 2 aromatic heterocycles. The van der Waals surface area contributed by atoms with Gasteiger partial charge in [0, 0.05) is 37.1 Å². The van der Waals surface area contributed by atoms with Crippen LogP contribution in [0.15, 0.2) is 42.9 Å². The highest BCUT2D eigenvalue weighted by Gasteiger charge is 2.40. The quantitative estimate of drug-likeness (QED) is 0.318. The van der Waals surface area contributed by atoms with Crippen molar-refractivity contribution in [1.82, 2.24) is 20.1 Å². The van der Waals surface area contributed by atoms with E-state index in [2.05, 4.69) is 37.5 Å². The fourth-order valence-corrected chi connectivity index (χ4v) is 5.68. The number of nitrogens with one attached hydrogen (secondary N) is 2. The largest absolute Gasteiger partial charge is 0.419 e. The topological polar surface area (TPSA) is 153 Å². The Morgan fingerprint density at radius 1 is 1.13 bits per heavy atom. The molecule has 0 bridgehead atoms. The number of nitriles is 1. The van der Waals surface area contributed by atoms with E-state index >= 15 is 0 Å². The van der Waals surface area contributed by atoms with Crippen LogP contribution in [-0.4, -0.2) is 57.5 Å². The van der Waals surface area contributed by atoms with Crippen molar-refractivity contribution in [2.45, 2.75) is 50.9 Å². The highest BCUT2D eigenvalue weighted by molar-refractivity contribution is 6.10. The standard InChI is InChI=1S/C32H27F3N8O4/c1-31(2,30(47)39-21-11-23(32(33,34)35)24(12-36)37-14-21)42-17-18(13-38-42)3-4-19-15-41(16-19)22-5-6-25-20(9-22)10-28(45)43(25)26-7-8-27(44)40-29(26)46/h5-6,9,11,13-14,17,19,26H,7-8,10,15-16H2,1-2H3,(H,39,47)(H,40,44,46). The van der Waals surface area contributed by atoms with Crippen LogP contribution in [0.1, 0.15) is 49.1 Å². The van der Waals surface area contributed by atoms with Gasteiger partial charge >= 0.3 is 6.18 Å². The fraction of sp³-hybridized carbons (Fsp3) is 0.344. The second-order valence-corrected chi connectivity index (χ2v) is 12.0. The molecule has 0 radical (unpaired) electrons. The van der Waals surface area contributed by atoms with E-state index < -0.39 is 40.8 Å². The van der Waals surface area contributed by atoms with E-state index in [9.17, 15) is 32.3 Å². The zero-order valence-corrected chi connectivity index (χ0v) is 25.2. The molecule has 0 spiro atoms. The predicted octanol–water partition coefficient (Wildman–Crippen LogP) is 2.72. The molecule has 3 aliphatic rings. The van der Waals surface area contributed by atoms with Crippen LogP contribution in [0, 0.1) is 29.1 Å².